The second-order valence-electron chi connectivity index (χ2n) is 6.18. The fraction of sp³-hybridized carbons (Fsp3) is 0.667. The summed E-state index contributed by atoms with van der Waals surface area (Å²) >= 11 is 0. The Morgan fingerprint density at radius 3 is 2.05 bits per heavy atom. The molecule has 1 fully saturated rings. The molecule has 0 saturated heterocycles. The molecule has 0 radical (unpaired) electrons. The lowest BCUT2D eigenvalue weighted by atomic mass is 9.69. The van der Waals surface area contributed by atoms with Crippen molar-refractivity contribution in [1.82, 2.24) is 0 Å². The highest BCUT2D eigenvalue weighted by Gasteiger charge is 2.32. The fourth-order valence-electron chi connectivity index (χ4n) is 3.71. The van der Waals surface area contributed by atoms with Gasteiger partial charge in [0.1, 0.15) is 0 Å². The first kappa shape index (κ1) is 14.6. The van der Waals surface area contributed by atoms with Gasteiger partial charge in [0.05, 0.1) is 0 Å². The standard InChI is InChI=1S/C18H29N/c1-3-15(4-2)16-8-10-17(11-9-16)18(14-19)12-6-5-7-13-18/h8-11,15H,3-7,12-14,19H2,1-2H3. The Balaban J connectivity index is 2.21. The van der Waals surface area contributed by atoms with Crippen molar-refractivity contribution in [2.24, 2.45) is 5.73 Å². The number of nitrogens with two attached hydrogens (primary N) is 1. The molecule has 0 aromatic heterocycles. The Kier molecular flexibility index (Phi) is 5.04. The van der Waals surface area contributed by atoms with Crippen molar-refractivity contribution in [2.75, 3.05) is 6.54 Å². The molecule has 1 aliphatic rings. The van der Waals surface area contributed by atoms with Gasteiger partial charge in [0.25, 0.3) is 0 Å². The SMILES string of the molecule is CCC(CC)c1ccc(C2(CN)CCCCC2)cc1. The zero-order valence-electron chi connectivity index (χ0n) is 12.6. The quantitative estimate of drug-likeness (QED) is 0.811. The predicted octanol–water partition coefficient (Wildman–Crippen LogP) is 4.75. The summed E-state index contributed by atoms with van der Waals surface area (Å²) < 4.78 is 0. The summed E-state index contributed by atoms with van der Waals surface area (Å²) in [4.78, 5) is 0. The summed E-state index contributed by atoms with van der Waals surface area (Å²) in [5.74, 6) is 0.717. The molecule has 2 N–H and O–H groups in total. The van der Waals surface area contributed by atoms with Gasteiger partial charge in [-0.05, 0) is 42.7 Å². The van der Waals surface area contributed by atoms with Crippen LogP contribution in [0.3, 0.4) is 0 Å². The molecule has 0 unspecified atom stereocenters. The summed E-state index contributed by atoms with van der Waals surface area (Å²) in [6.45, 7) is 5.37. The van der Waals surface area contributed by atoms with E-state index in [4.69, 9.17) is 5.73 Å². The summed E-state index contributed by atoms with van der Waals surface area (Å²) in [6.07, 6.45) is 9.07. The molecule has 1 saturated carbocycles. The molecule has 1 aromatic carbocycles. The Labute approximate surface area is 118 Å². The molecule has 0 spiro atoms. The molecule has 1 aromatic rings. The number of benzene rings is 1. The third kappa shape index (κ3) is 3.02. The van der Waals surface area contributed by atoms with Gasteiger partial charge in [-0.1, -0.05) is 57.4 Å². The Morgan fingerprint density at radius 2 is 1.58 bits per heavy atom. The third-order valence-corrected chi connectivity index (χ3v) is 5.18. The maximum atomic E-state index is 6.12. The van der Waals surface area contributed by atoms with Gasteiger partial charge in [-0.25, -0.2) is 0 Å². The normalized spacial score (nSPS) is 18.7. The van der Waals surface area contributed by atoms with E-state index in [9.17, 15) is 0 Å². The van der Waals surface area contributed by atoms with Crippen LogP contribution in [-0.2, 0) is 5.41 Å². The average molecular weight is 259 g/mol. The van der Waals surface area contributed by atoms with Crippen LogP contribution >= 0.6 is 0 Å². The average Bonchev–Trinajstić information content (AvgIpc) is 2.50. The molecular formula is C18H29N. The van der Waals surface area contributed by atoms with E-state index in [2.05, 4.69) is 38.1 Å². The minimum absolute atomic E-state index is 0.269. The molecule has 1 heteroatoms. The van der Waals surface area contributed by atoms with E-state index < -0.39 is 0 Å². The molecule has 1 aliphatic carbocycles. The second-order valence-corrected chi connectivity index (χ2v) is 6.18. The van der Waals surface area contributed by atoms with Crippen LogP contribution < -0.4 is 5.73 Å². The minimum Gasteiger partial charge on any atom is -0.330 e. The maximum absolute atomic E-state index is 6.12. The maximum Gasteiger partial charge on any atom is 0.00755 e. The number of hydrogen-bond acceptors (Lipinski definition) is 1. The van der Waals surface area contributed by atoms with Crippen molar-refractivity contribution >= 4 is 0 Å². The predicted molar refractivity (Wildman–Crippen MR) is 83.6 cm³/mol. The first-order valence-corrected chi connectivity index (χ1v) is 8.06. The van der Waals surface area contributed by atoms with E-state index in [0.717, 1.165) is 6.54 Å². The van der Waals surface area contributed by atoms with Gasteiger partial charge in [0, 0.05) is 12.0 Å². The first-order valence-electron chi connectivity index (χ1n) is 8.06. The lowest BCUT2D eigenvalue weighted by Gasteiger charge is -2.37. The van der Waals surface area contributed by atoms with Crippen LogP contribution in [0.15, 0.2) is 24.3 Å². The molecule has 0 bridgehead atoms. The van der Waals surface area contributed by atoms with Gasteiger partial charge < -0.3 is 5.73 Å². The highest BCUT2D eigenvalue weighted by molar-refractivity contribution is 5.31. The van der Waals surface area contributed by atoms with E-state index in [1.807, 2.05) is 0 Å². The summed E-state index contributed by atoms with van der Waals surface area (Å²) in [6, 6.07) is 9.40. The van der Waals surface area contributed by atoms with Crippen molar-refractivity contribution in [3.8, 4) is 0 Å². The molecule has 0 amide bonds. The van der Waals surface area contributed by atoms with E-state index in [0.29, 0.717) is 5.92 Å². The zero-order chi connectivity index (χ0) is 13.7. The van der Waals surface area contributed by atoms with Gasteiger partial charge in [0.2, 0.25) is 0 Å². The van der Waals surface area contributed by atoms with Crippen LogP contribution in [0, 0.1) is 0 Å². The van der Waals surface area contributed by atoms with Crippen molar-refractivity contribution in [3.05, 3.63) is 35.4 Å². The number of hydrogen-bond donors (Lipinski definition) is 1. The molecule has 106 valence electrons. The first-order chi connectivity index (χ1) is 9.25. The van der Waals surface area contributed by atoms with Gasteiger partial charge in [-0.2, -0.15) is 0 Å². The lowest BCUT2D eigenvalue weighted by Crippen LogP contribution is -2.37. The van der Waals surface area contributed by atoms with Gasteiger partial charge in [0.15, 0.2) is 0 Å². The minimum atomic E-state index is 0.269. The van der Waals surface area contributed by atoms with E-state index >= 15 is 0 Å². The summed E-state index contributed by atoms with van der Waals surface area (Å²) in [7, 11) is 0. The molecule has 0 aliphatic heterocycles. The van der Waals surface area contributed by atoms with Crippen LogP contribution in [0.1, 0.15) is 75.8 Å². The molecular weight excluding hydrogens is 230 g/mol. The molecule has 0 atom stereocenters. The Bertz CT molecular complexity index is 369. The highest BCUT2D eigenvalue weighted by Crippen LogP contribution is 2.39. The highest BCUT2D eigenvalue weighted by atomic mass is 14.6. The summed E-state index contributed by atoms with van der Waals surface area (Å²) in [5, 5.41) is 0. The zero-order valence-corrected chi connectivity index (χ0v) is 12.6. The molecule has 19 heavy (non-hydrogen) atoms. The van der Waals surface area contributed by atoms with E-state index in [1.165, 1.54) is 56.1 Å². The Hall–Kier alpha value is -0.820. The molecule has 1 nitrogen and oxygen atoms in total. The van der Waals surface area contributed by atoms with Crippen molar-refractivity contribution in [2.45, 2.75) is 70.1 Å². The van der Waals surface area contributed by atoms with Crippen molar-refractivity contribution in [1.29, 1.82) is 0 Å². The lowest BCUT2D eigenvalue weighted by molar-refractivity contribution is 0.301. The van der Waals surface area contributed by atoms with Crippen LogP contribution in [0.4, 0.5) is 0 Å². The van der Waals surface area contributed by atoms with Crippen molar-refractivity contribution < 1.29 is 0 Å². The van der Waals surface area contributed by atoms with Crippen LogP contribution in [0.25, 0.3) is 0 Å². The van der Waals surface area contributed by atoms with Crippen LogP contribution in [0.5, 0.6) is 0 Å². The van der Waals surface area contributed by atoms with Gasteiger partial charge >= 0.3 is 0 Å². The van der Waals surface area contributed by atoms with E-state index in [-0.39, 0.29) is 5.41 Å². The monoisotopic (exact) mass is 259 g/mol. The Morgan fingerprint density at radius 1 is 1.00 bits per heavy atom. The van der Waals surface area contributed by atoms with Gasteiger partial charge in [-0.3, -0.25) is 0 Å². The molecule has 2 rings (SSSR count). The largest absolute Gasteiger partial charge is 0.330 e. The third-order valence-electron chi connectivity index (χ3n) is 5.18. The van der Waals surface area contributed by atoms with Crippen molar-refractivity contribution in [3.63, 3.8) is 0 Å². The van der Waals surface area contributed by atoms with Crippen LogP contribution in [0.2, 0.25) is 0 Å². The topological polar surface area (TPSA) is 26.0 Å². The molecule has 0 heterocycles. The second kappa shape index (κ2) is 6.56. The summed E-state index contributed by atoms with van der Waals surface area (Å²) in [5.41, 5.74) is 9.36. The number of rotatable bonds is 5. The van der Waals surface area contributed by atoms with Gasteiger partial charge in [-0.15, -0.1) is 0 Å². The smallest absolute Gasteiger partial charge is 0.00755 e. The van der Waals surface area contributed by atoms with E-state index in [1.54, 1.807) is 0 Å². The fourth-order valence-corrected chi connectivity index (χ4v) is 3.71. The van der Waals surface area contributed by atoms with Crippen LogP contribution in [-0.4, -0.2) is 6.54 Å².